The summed E-state index contributed by atoms with van der Waals surface area (Å²) < 4.78 is 21.8. The van der Waals surface area contributed by atoms with Crippen LogP contribution in [0.5, 0.6) is 17.2 Å². The molecule has 0 amide bonds. The molecule has 11 nitrogen and oxygen atoms in total. The molecule has 1 aromatic heterocycles. The van der Waals surface area contributed by atoms with E-state index in [1.165, 1.54) is 27.7 Å². The molecule has 3 rings (SSSR count). The molecule has 11 heteroatoms. The second-order valence-electron chi connectivity index (χ2n) is 7.20. The van der Waals surface area contributed by atoms with Gasteiger partial charge in [0.2, 0.25) is 17.4 Å². The highest BCUT2D eigenvalue weighted by atomic mass is 16.6. The summed E-state index contributed by atoms with van der Waals surface area (Å²) in [4.78, 5) is 21.6. The number of nitro groups is 1. The molecule has 0 saturated carbocycles. The van der Waals surface area contributed by atoms with Gasteiger partial charge in [-0.3, -0.25) is 10.1 Å². The minimum absolute atomic E-state index is 0.0612. The molecular weight excluding hydrogens is 406 g/mol. The molecule has 0 radical (unpaired) electrons. The van der Waals surface area contributed by atoms with Gasteiger partial charge in [-0.2, -0.15) is 0 Å². The largest absolute Gasteiger partial charge is 0.493 e. The number of aromatic nitrogens is 2. The van der Waals surface area contributed by atoms with E-state index in [9.17, 15) is 10.1 Å². The van der Waals surface area contributed by atoms with E-state index in [-0.39, 0.29) is 36.1 Å². The van der Waals surface area contributed by atoms with Gasteiger partial charge in [-0.05, 0) is 31.5 Å². The quantitative estimate of drug-likeness (QED) is 0.491. The van der Waals surface area contributed by atoms with Crippen LogP contribution in [0.15, 0.2) is 18.5 Å². The summed E-state index contributed by atoms with van der Waals surface area (Å²) in [6.45, 7) is 5.13. The van der Waals surface area contributed by atoms with Gasteiger partial charge in [0.1, 0.15) is 6.33 Å². The van der Waals surface area contributed by atoms with Crippen LogP contribution in [0.3, 0.4) is 0 Å². The first-order chi connectivity index (χ1) is 14.9. The van der Waals surface area contributed by atoms with Gasteiger partial charge in [-0.1, -0.05) is 0 Å². The van der Waals surface area contributed by atoms with Gasteiger partial charge in [0.15, 0.2) is 11.5 Å². The molecular formula is C20H27N5O6. The zero-order valence-electron chi connectivity index (χ0n) is 18.2. The molecule has 2 heterocycles. The van der Waals surface area contributed by atoms with Gasteiger partial charge in [0, 0.05) is 19.6 Å². The predicted molar refractivity (Wildman–Crippen MR) is 114 cm³/mol. The van der Waals surface area contributed by atoms with Gasteiger partial charge < -0.3 is 29.2 Å². The molecule has 1 aliphatic rings. The maximum atomic E-state index is 11.9. The highest BCUT2D eigenvalue weighted by Gasteiger charge is 2.31. The van der Waals surface area contributed by atoms with Gasteiger partial charge >= 0.3 is 5.69 Å². The Balaban J connectivity index is 1.90. The number of methoxy groups -OCH3 is 3. The van der Waals surface area contributed by atoms with Crippen molar-refractivity contribution in [1.82, 2.24) is 9.97 Å². The maximum Gasteiger partial charge on any atom is 0.353 e. The van der Waals surface area contributed by atoms with Crippen LogP contribution in [0.4, 0.5) is 17.3 Å². The Bertz CT molecular complexity index is 905. The van der Waals surface area contributed by atoms with Gasteiger partial charge in [-0.15, -0.1) is 0 Å². The molecule has 1 aromatic carbocycles. The Labute approximate surface area is 180 Å². The predicted octanol–water partition coefficient (Wildman–Crippen LogP) is 2.64. The van der Waals surface area contributed by atoms with Crippen LogP contribution in [0.25, 0.3) is 0 Å². The van der Waals surface area contributed by atoms with Gasteiger partial charge in [0.25, 0.3) is 0 Å². The van der Waals surface area contributed by atoms with Crippen LogP contribution >= 0.6 is 0 Å². The fourth-order valence-electron chi connectivity index (χ4n) is 3.67. The van der Waals surface area contributed by atoms with Crippen molar-refractivity contribution >= 4 is 17.3 Å². The number of morpholine rings is 1. The van der Waals surface area contributed by atoms with E-state index in [1.807, 2.05) is 18.7 Å². The average Bonchev–Trinajstić information content (AvgIpc) is 2.75. The third-order valence-electron chi connectivity index (χ3n) is 4.89. The summed E-state index contributed by atoms with van der Waals surface area (Å²) in [6.07, 6.45) is 1.20. The molecule has 1 aliphatic heterocycles. The monoisotopic (exact) mass is 433 g/mol. The Morgan fingerprint density at radius 1 is 1.13 bits per heavy atom. The molecule has 31 heavy (non-hydrogen) atoms. The Morgan fingerprint density at radius 3 is 2.26 bits per heavy atom. The Hall–Kier alpha value is -3.34. The lowest BCUT2D eigenvalue weighted by atomic mass is 10.1. The van der Waals surface area contributed by atoms with Crippen molar-refractivity contribution in [2.24, 2.45) is 0 Å². The van der Waals surface area contributed by atoms with E-state index in [2.05, 4.69) is 15.3 Å². The van der Waals surface area contributed by atoms with Crippen LogP contribution in [0, 0.1) is 10.1 Å². The van der Waals surface area contributed by atoms with E-state index in [1.54, 1.807) is 12.1 Å². The molecule has 2 atom stereocenters. The second-order valence-corrected chi connectivity index (χ2v) is 7.20. The van der Waals surface area contributed by atoms with Crippen molar-refractivity contribution in [2.75, 3.05) is 44.6 Å². The van der Waals surface area contributed by atoms with Crippen molar-refractivity contribution in [3.8, 4) is 17.2 Å². The fraction of sp³-hybridized carbons (Fsp3) is 0.500. The van der Waals surface area contributed by atoms with Crippen LogP contribution in [-0.4, -0.2) is 61.5 Å². The summed E-state index contributed by atoms with van der Waals surface area (Å²) in [6, 6.07) is 3.54. The van der Waals surface area contributed by atoms with E-state index in [0.29, 0.717) is 30.3 Å². The van der Waals surface area contributed by atoms with E-state index in [4.69, 9.17) is 18.9 Å². The van der Waals surface area contributed by atoms with Gasteiger partial charge in [-0.25, -0.2) is 9.97 Å². The van der Waals surface area contributed by atoms with E-state index < -0.39 is 4.92 Å². The number of ether oxygens (including phenoxy) is 4. The van der Waals surface area contributed by atoms with Gasteiger partial charge in [0.05, 0.1) is 38.5 Å². The van der Waals surface area contributed by atoms with Crippen LogP contribution in [0.1, 0.15) is 19.4 Å². The Kier molecular flexibility index (Phi) is 6.95. The SMILES string of the molecule is COc1cc(CNc2ncnc(N3CC(C)OC(C)C3)c2[N+](=O)[O-])cc(OC)c1OC. The van der Waals surface area contributed by atoms with Crippen molar-refractivity contribution in [3.05, 3.63) is 34.1 Å². The number of anilines is 2. The molecule has 0 spiro atoms. The maximum absolute atomic E-state index is 11.9. The summed E-state index contributed by atoms with van der Waals surface area (Å²) in [5.74, 6) is 1.87. The second kappa shape index (κ2) is 9.65. The standard InChI is InChI=1S/C20H27N5O6/c1-12-9-24(10-13(2)31-12)20-17(25(26)27)19(22-11-23-20)21-8-14-6-15(28-3)18(30-5)16(7-14)29-4/h6-7,11-13H,8-10H2,1-5H3,(H,21,22,23). The molecule has 1 fully saturated rings. The summed E-state index contributed by atoms with van der Waals surface area (Å²) in [7, 11) is 4.58. The van der Waals surface area contributed by atoms with Crippen LogP contribution in [-0.2, 0) is 11.3 Å². The first kappa shape index (κ1) is 22.3. The number of rotatable bonds is 8. The van der Waals surface area contributed by atoms with E-state index in [0.717, 1.165) is 5.56 Å². The molecule has 168 valence electrons. The first-order valence-electron chi connectivity index (χ1n) is 9.80. The number of hydrogen-bond donors (Lipinski definition) is 1. The van der Waals surface area contributed by atoms with Crippen LogP contribution < -0.4 is 24.4 Å². The molecule has 1 saturated heterocycles. The highest BCUT2D eigenvalue weighted by molar-refractivity contribution is 5.70. The zero-order valence-corrected chi connectivity index (χ0v) is 18.2. The number of benzene rings is 1. The number of nitrogens with one attached hydrogen (secondary N) is 1. The molecule has 0 aliphatic carbocycles. The third-order valence-corrected chi connectivity index (χ3v) is 4.89. The molecule has 0 bridgehead atoms. The topological polar surface area (TPSA) is 121 Å². The fourth-order valence-corrected chi connectivity index (χ4v) is 3.67. The zero-order chi connectivity index (χ0) is 22.5. The lowest BCUT2D eigenvalue weighted by Gasteiger charge is -2.35. The van der Waals surface area contributed by atoms with E-state index >= 15 is 0 Å². The third kappa shape index (κ3) is 4.88. The molecule has 1 N–H and O–H groups in total. The van der Waals surface area contributed by atoms with Crippen molar-refractivity contribution in [3.63, 3.8) is 0 Å². The first-order valence-corrected chi connectivity index (χ1v) is 9.80. The van der Waals surface area contributed by atoms with Crippen molar-refractivity contribution in [1.29, 1.82) is 0 Å². The molecule has 2 aromatic rings. The minimum atomic E-state index is -0.461. The lowest BCUT2D eigenvalue weighted by molar-refractivity contribution is -0.383. The highest BCUT2D eigenvalue weighted by Crippen LogP contribution is 2.39. The number of hydrogen-bond acceptors (Lipinski definition) is 10. The summed E-state index contributed by atoms with van der Waals surface area (Å²) in [5, 5.41) is 15.0. The smallest absolute Gasteiger partial charge is 0.353 e. The van der Waals surface area contributed by atoms with Crippen molar-refractivity contribution < 1.29 is 23.9 Å². The molecule has 2 unspecified atom stereocenters. The summed E-state index contributed by atoms with van der Waals surface area (Å²) >= 11 is 0. The Morgan fingerprint density at radius 2 is 1.74 bits per heavy atom. The summed E-state index contributed by atoms with van der Waals surface area (Å²) in [5.41, 5.74) is 0.605. The lowest BCUT2D eigenvalue weighted by Crippen LogP contribution is -2.46. The normalized spacial score (nSPS) is 18.4. The van der Waals surface area contributed by atoms with Crippen molar-refractivity contribution in [2.45, 2.75) is 32.6 Å². The average molecular weight is 433 g/mol. The van der Waals surface area contributed by atoms with Crippen LogP contribution in [0.2, 0.25) is 0 Å². The minimum Gasteiger partial charge on any atom is -0.493 e. The number of nitrogens with zero attached hydrogens (tertiary/aromatic N) is 4.